The highest BCUT2D eigenvalue weighted by molar-refractivity contribution is 5.97. The maximum absolute atomic E-state index is 13.4. The third-order valence-corrected chi connectivity index (χ3v) is 5.44. The molecular formula is C26H28N4O4. The molecule has 0 saturated carbocycles. The molecule has 0 spiro atoms. The van der Waals surface area contributed by atoms with Crippen LogP contribution in [0.2, 0.25) is 0 Å². The number of benzene rings is 2. The summed E-state index contributed by atoms with van der Waals surface area (Å²) in [7, 11) is 3.18. The molecule has 0 aliphatic heterocycles. The SMILES string of the molecule is COc1ccc(CNc2nc(-c3ccco3)nn2C(=O)c2ccc(C(C)(C)C)cc2)cc1OC. The number of carbonyl (C=O) groups excluding carboxylic acids is 1. The van der Waals surface area contributed by atoms with Gasteiger partial charge in [-0.2, -0.15) is 9.67 Å². The van der Waals surface area contributed by atoms with Gasteiger partial charge in [-0.3, -0.25) is 4.79 Å². The zero-order valence-corrected chi connectivity index (χ0v) is 20.0. The van der Waals surface area contributed by atoms with E-state index in [0.717, 1.165) is 11.1 Å². The van der Waals surface area contributed by atoms with Gasteiger partial charge in [0.15, 0.2) is 17.3 Å². The number of methoxy groups -OCH3 is 2. The van der Waals surface area contributed by atoms with E-state index in [1.54, 1.807) is 32.6 Å². The number of ether oxygens (including phenoxy) is 2. The van der Waals surface area contributed by atoms with Crippen molar-refractivity contribution in [3.63, 3.8) is 0 Å². The number of rotatable bonds is 7. The van der Waals surface area contributed by atoms with Crippen LogP contribution in [0.3, 0.4) is 0 Å². The molecule has 1 N–H and O–H groups in total. The Kier molecular flexibility index (Phi) is 6.40. The van der Waals surface area contributed by atoms with Crippen molar-refractivity contribution in [2.24, 2.45) is 0 Å². The fourth-order valence-corrected chi connectivity index (χ4v) is 3.49. The van der Waals surface area contributed by atoms with Gasteiger partial charge >= 0.3 is 0 Å². The van der Waals surface area contributed by atoms with Gasteiger partial charge in [-0.25, -0.2) is 0 Å². The van der Waals surface area contributed by atoms with E-state index >= 15 is 0 Å². The van der Waals surface area contributed by atoms with Gasteiger partial charge < -0.3 is 19.2 Å². The summed E-state index contributed by atoms with van der Waals surface area (Å²) in [6, 6.07) is 16.7. The largest absolute Gasteiger partial charge is 0.493 e. The number of aromatic nitrogens is 3. The van der Waals surface area contributed by atoms with Crippen molar-refractivity contribution in [3.05, 3.63) is 77.6 Å². The molecule has 0 bridgehead atoms. The molecule has 4 aromatic rings. The van der Waals surface area contributed by atoms with E-state index in [9.17, 15) is 4.79 Å². The first-order valence-electron chi connectivity index (χ1n) is 10.9. The Hall–Kier alpha value is -4.07. The van der Waals surface area contributed by atoms with Crippen LogP contribution in [0.1, 0.15) is 42.3 Å². The summed E-state index contributed by atoms with van der Waals surface area (Å²) in [5.74, 6) is 2.08. The Morgan fingerprint density at radius 1 is 1.03 bits per heavy atom. The van der Waals surface area contributed by atoms with Crippen molar-refractivity contribution in [3.8, 4) is 23.1 Å². The summed E-state index contributed by atoms with van der Waals surface area (Å²) in [4.78, 5) is 17.9. The third kappa shape index (κ3) is 4.80. The Morgan fingerprint density at radius 3 is 2.38 bits per heavy atom. The van der Waals surface area contributed by atoms with Crippen LogP contribution < -0.4 is 14.8 Å². The van der Waals surface area contributed by atoms with Crippen LogP contribution in [0.5, 0.6) is 11.5 Å². The smallest absolute Gasteiger partial charge is 0.281 e. The average molecular weight is 461 g/mol. The minimum absolute atomic E-state index is 0.00652. The first-order valence-corrected chi connectivity index (χ1v) is 10.9. The second-order valence-corrected chi connectivity index (χ2v) is 8.82. The number of anilines is 1. The van der Waals surface area contributed by atoms with E-state index in [0.29, 0.717) is 41.1 Å². The summed E-state index contributed by atoms with van der Waals surface area (Å²) in [6.45, 7) is 6.79. The van der Waals surface area contributed by atoms with Crippen LogP contribution in [-0.2, 0) is 12.0 Å². The summed E-state index contributed by atoms with van der Waals surface area (Å²) < 4.78 is 17.4. The van der Waals surface area contributed by atoms with Gasteiger partial charge in [0.05, 0.1) is 20.5 Å². The minimum atomic E-state index is -0.291. The molecule has 0 amide bonds. The summed E-state index contributed by atoms with van der Waals surface area (Å²) in [5, 5.41) is 7.65. The number of hydrogen-bond acceptors (Lipinski definition) is 7. The normalized spacial score (nSPS) is 11.3. The lowest BCUT2D eigenvalue weighted by atomic mass is 9.87. The Morgan fingerprint density at radius 2 is 1.76 bits per heavy atom. The molecule has 0 unspecified atom stereocenters. The van der Waals surface area contributed by atoms with E-state index in [-0.39, 0.29) is 11.3 Å². The molecule has 4 rings (SSSR count). The molecule has 2 aromatic carbocycles. The standard InChI is InChI=1S/C26H28N4O4/c1-26(2,3)19-11-9-18(10-12-19)24(31)30-25(28-23(29-30)21-7-6-14-34-21)27-16-17-8-13-20(32-4)22(15-17)33-5/h6-15H,16H2,1-5H3,(H,27,28,29). The molecule has 0 atom stereocenters. The van der Waals surface area contributed by atoms with Gasteiger partial charge in [0, 0.05) is 12.1 Å². The molecule has 8 nitrogen and oxygen atoms in total. The third-order valence-electron chi connectivity index (χ3n) is 5.44. The van der Waals surface area contributed by atoms with Crippen molar-refractivity contribution >= 4 is 11.9 Å². The maximum Gasteiger partial charge on any atom is 0.281 e. The number of nitrogens with zero attached hydrogens (tertiary/aromatic N) is 3. The zero-order valence-electron chi connectivity index (χ0n) is 20.0. The Bertz CT molecular complexity index is 1270. The van der Waals surface area contributed by atoms with Crippen LogP contribution >= 0.6 is 0 Å². The molecule has 0 fully saturated rings. The first kappa shape index (κ1) is 23.1. The predicted octanol–water partition coefficient (Wildman–Crippen LogP) is 5.15. The zero-order chi connectivity index (χ0) is 24.3. The Balaban J connectivity index is 1.64. The lowest BCUT2D eigenvalue weighted by molar-refractivity contribution is 0.0947. The number of hydrogen-bond donors (Lipinski definition) is 1. The molecule has 0 aliphatic rings. The van der Waals surface area contributed by atoms with E-state index < -0.39 is 0 Å². The quantitative estimate of drug-likeness (QED) is 0.408. The van der Waals surface area contributed by atoms with Gasteiger partial charge in [-0.05, 0) is 52.9 Å². The molecule has 8 heteroatoms. The fourth-order valence-electron chi connectivity index (χ4n) is 3.49. The highest BCUT2D eigenvalue weighted by atomic mass is 16.5. The molecule has 2 heterocycles. The first-order chi connectivity index (χ1) is 16.3. The van der Waals surface area contributed by atoms with Gasteiger partial charge in [-0.15, -0.1) is 5.10 Å². The predicted molar refractivity (Wildman–Crippen MR) is 129 cm³/mol. The van der Waals surface area contributed by atoms with Crippen LogP contribution in [0.15, 0.2) is 65.3 Å². The van der Waals surface area contributed by atoms with Crippen molar-refractivity contribution in [2.45, 2.75) is 32.7 Å². The molecular weight excluding hydrogens is 432 g/mol. The van der Waals surface area contributed by atoms with Gasteiger partial charge in [-0.1, -0.05) is 39.0 Å². The van der Waals surface area contributed by atoms with E-state index in [1.165, 1.54) is 4.68 Å². The molecule has 0 aliphatic carbocycles. The molecule has 0 saturated heterocycles. The van der Waals surface area contributed by atoms with Gasteiger partial charge in [0.25, 0.3) is 5.91 Å². The van der Waals surface area contributed by atoms with Crippen LogP contribution in [0.25, 0.3) is 11.6 Å². The van der Waals surface area contributed by atoms with Crippen molar-refractivity contribution in [1.82, 2.24) is 14.8 Å². The minimum Gasteiger partial charge on any atom is -0.493 e. The second kappa shape index (κ2) is 9.43. The Labute approximate surface area is 198 Å². The number of nitrogens with one attached hydrogen (secondary N) is 1. The average Bonchev–Trinajstić information content (AvgIpc) is 3.51. The summed E-state index contributed by atoms with van der Waals surface area (Å²) in [5.41, 5.74) is 2.57. The highest BCUT2D eigenvalue weighted by Crippen LogP contribution is 2.28. The lowest BCUT2D eigenvalue weighted by Gasteiger charge is -2.19. The maximum atomic E-state index is 13.4. The number of carbonyl (C=O) groups is 1. The molecule has 176 valence electrons. The summed E-state index contributed by atoms with van der Waals surface area (Å²) >= 11 is 0. The van der Waals surface area contributed by atoms with Crippen molar-refractivity contribution in [1.29, 1.82) is 0 Å². The molecule has 2 aromatic heterocycles. The van der Waals surface area contributed by atoms with Crippen LogP contribution in [0, 0.1) is 0 Å². The van der Waals surface area contributed by atoms with Gasteiger partial charge in [0.2, 0.25) is 11.8 Å². The van der Waals surface area contributed by atoms with Crippen LogP contribution in [-0.4, -0.2) is 34.9 Å². The van der Waals surface area contributed by atoms with E-state index in [4.69, 9.17) is 13.9 Å². The van der Waals surface area contributed by atoms with E-state index in [1.807, 2.05) is 42.5 Å². The molecule has 0 radical (unpaired) electrons. The van der Waals surface area contributed by atoms with Crippen LogP contribution in [0.4, 0.5) is 5.95 Å². The number of furan rings is 1. The van der Waals surface area contributed by atoms with Crippen molar-refractivity contribution in [2.75, 3.05) is 19.5 Å². The lowest BCUT2D eigenvalue weighted by Crippen LogP contribution is -2.18. The van der Waals surface area contributed by atoms with Gasteiger partial charge in [0.1, 0.15) is 0 Å². The van der Waals surface area contributed by atoms with E-state index in [2.05, 4.69) is 36.2 Å². The topological polar surface area (TPSA) is 91.4 Å². The monoisotopic (exact) mass is 460 g/mol. The highest BCUT2D eigenvalue weighted by Gasteiger charge is 2.21. The second-order valence-electron chi connectivity index (χ2n) is 8.82. The molecule has 34 heavy (non-hydrogen) atoms. The fraction of sp³-hybridized carbons (Fsp3) is 0.269. The van der Waals surface area contributed by atoms with Crippen molar-refractivity contribution < 1.29 is 18.7 Å². The summed E-state index contributed by atoms with van der Waals surface area (Å²) in [6.07, 6.45) is 1.54.